The number of aromatic nitrogens is 2. The number of H-pyrrole nitrogens is 1. The monoisotopic (exact) mass is 246 g/mol. The number of rotatable bonds is 7. The maximum atomic E-state index is 11.6. The molecule has 1 rings (SSSR count). The fourth-order valence-electron chi connectivity index (χ4n) is 1.15. The molecule has 0 bridgehead atoms. The zero-order valence-corrected chi connectivity index (χ0v) is 10.3. The highest BCUT2D eigenvalue weighted by atomic mass is 32.2. The van der Waals surface area contributed by atoms with Crippen molar-refractivity contribution in [3.05, 3.63) is 12.5 Å². The van der Waals surface area contributed by atoms with E-state index in [9.17, 15) is 8.42 Å². The van der Waals surface area contributed by atoms with Crippen LogP contribution >= 0.6 is 0 Å². The molecule has 0 aliphatic carbocycles. The van der Waals surface area contributed by atoms with Crippen LogP contribution in [0.5, 0.6) is 0 Å². The lowest BCUT2D eigenvalue weighted by Gasteiger charge is -2.08. The van der Waals surface area contributed by atoms with E-state index in [-0.39, 0.29) is 5.03 Å². The van der Waals surface area contributed by atoms with E-state index in [1.54, 1.807) is 0 Å². The predicted molar refractivity (Wildman–Crippen MR) is 61.5 cm³/mol. The summed E-state index contributed by atoms with van der Waals surface area (Å²) in [6, 6.07) is 0.421. The van der Waals surface area contributed by atoms with Crippen LogP contribution in [-0.2, 0) is 10.0 Å². The van der Waals surface area contributed by atoms with E-state index in [1.807, 2.05) is 0 Å². The van der Waals surface area contributed by atoms with Crippen LogP contribution in [0.2, 0.25) is 0 Å². The molecule has 0 saturated carbocycles. The van der Waals surface area contributed by atoms with Gasteiger partial charge in [0.2, 0.25) is 0 Å². The molecule has 0 unspecified atom stereocenters. The van der Waals surface area contributed by atoms with E-state index in [0.29, 0.717) is 12.6 Å². The Morgan fingerprint density at radius 1 is 1.44 bits per heavy atom. The average molecular weight is 246 g/mol. The van der Waals surface area contributed by atoms with Crippen LogP contribution in [0, 0.1) is 0 Å². The first-order valence-corrected chi connectivity index (χ1v) is 6.72. The Morgan fingerprint density at radius 2 is 2.19 bits per heavy atom. The molecule has 0 saturated heterocycles. The van der Waals surface area contributed by atoms with Gasteiger partial charge in [0.25, 0.3) is 10.0 Å². The van der Waals surface area contributed by atoms with Crippen molar-refractivity contribution in [2.75, 3.05) is 13.1 Å². The first-order valence-electron chi connectivity index (χ1n) is 5.24. The molecule has 7 heteroatoms. The Morgan fingerprint density at radius 3 is 2.75 bits per heavy atom. The number of sulfonamides is 1. The van der Waals surface area contributed by atoms with Gasteiger partial charge in [-0.1, -0.05) is 13.8 Å². The van der Waals surface area contributed by atoms with E-state index in [1.165, 1.54) is 12.5 Å². The maximum absolute atomic E-state index is 11.6. The smallest absolute Gasteiger partial charge is 0.257 e. The Labute approximate surface area is 95.9 Å². The molecule has 6 nitrogen and oxygen atoms in total. The van der Waals surface area contributed by atoms with Crippen LogP contribution in [0.4, 0.5) is 0 Å². The zero-order chi connectivity index (χ0) is 12.0. The second-order valence-electron chi connectivity index (χ2n) is 3.78. The topological polar surface area (TPSA) is 86.9 Å². The van der Waals surface area contributed by atoms with Gasteiger partial charge < -0.3 is 10.3 Å². The van der Waals surface area contributed by atoms with Crippen LogP contribution in [0.3, 0.4) is 0 Å². The van der Waals surface area contributed by atoms with Crippen molar-refractivity contribution >= 4 is 10.0 Å². The van der Waals surface area contributed by atoms with E-state index in [2.05, 4.69) is 33.9 Å². The van der Waals surface area contributed by atoms with Crippen LogP contribution in [0.1, 0.15) is 20.3 Å². The summed E-state index contributed by atoms with van der Waals surface area (Å²) >= 11 is 0. The Kier molecular flexibility index (Phi) is 4.91. The summed E-state index contributed by atoms with van der Waals surface area (Å²) in [6.07, 6.45) is 3.38. The summed E-state index contributed by atoms with van der Waals surface area (Å²) in [7, 11) is -3.41. The van der Waals surface area contributed by atoms with Crippen molar-refractivity contribution in [1.29, 1.82) is 0 Å². The number of nitrogens with zero attached hydrogens (tertiary/aromatic N) is 1. The summed E-state index contributed by atoms with van der Waals surface area (Å²) in [5.74, 6) is 0. The quantitative estimate of drug-likeness (QED) is 0.594. The highest BCUT2D eigenvalue weighted by Gasteiger charge is 2.13. The Balaban J connectivity index is 2.28. The molecule has 0 atom stereocenters. The standard InChI is InChI=1S/C9H18N4O2S/c1-8(2)11-4-3-5-13-16(14,15)9-6-10-7-12-9/h6-8,11,13H,3-5H2,1-2H3,(H,10,12). The number of imidazole rings is 1. The Hall–Kier alpha value is -0.920. The van der Waals surface area contributed by atoms with Crippen molar-refractivity contribution in [3.63, 3.8) is 0 Å². The summed E-state index contributed by atoms with van der Waals surface area (Å²) in [4.78, 5) is 6.23. The summed E-state index contributed by atoms with van der Waals surface area (Å²) in [5.41, 5.74) is 0. The Bertz CT molecular complexity index is 386. The molecule has 0 aliphatic heterocycles. The van der Waals surface area contributed by atoms with Crippen molar-refractivity contribution in [2.24, 2.45) is 0 Å². The van der Waals surface area contributed by atoms with Gasteiger partial charge in [-0.15, -0.1) is 0 Å². The molecular formula is C9H18N4O2S. The van der Waals surface area contributed by atoms with Gasteiger partial charge in [-0.3, -0.25) is 0 Å². The van der Waals surface area contributed by atoms with Gasteiger partial charge in [-0.25, -0.2) is 18.1 Å². The van der Waals surface area contributed by atoms with Crippen molar-refractivity contribution in [2.45, 2.75) is 31.3 Å². The van der Waals surface area contributed by atoms with Gasteiger partial charge in [-0.05, 0) is 13.0 Å². The van der Waals surface area contributed by atoms with Gasteiger partial charge in [0, 0.05) is 12.6 Å². The maximum Gasteiger partial charge on any atom is 0.257 e. The van der Waals surface area contributed by atoms with E-state index < -0.39 is 10.0 Å². The molecule has 16 heavy (non-hydrogen) atoms. The third kappa shape index (κ3) is 4.30. The number of nitrogens with one attached hydrogen (secondary N) is 3. The van der Waals surface area contributed by atoms with Gasteiger partial charge in [0.15, 0.2) is 5.03 Å². The fourth-order valence-corrected chi connectivity index (χ4v) is 2.13. The number of hydrogen-bond donors (Lipinski definition) is 3. The third-order valence-electron chi connectivity index (χ3n) is 1.96. The second kappa shape index (κ2) is 5.97. The molecule has 3 N–H and O–H groups in total. The van der Waals surface area contributed by atoms with Crippen molar-refractivity contribution in [1.82, 2.24) is 20.0 Å². The minimum absolute atomic E-state index is 0.101. The minimum atomic E-state index is -3.41. The predicted octanol–water partition coefficient (Wildman–Crippen LogP) is 0.0761. The van der Waals surface area contributed by atoms with Crippen molar-refractivity contribution in [3.8, 4) is 0 Å². The molecule has 1 heterocycles. The first-order chi connectivity index (χ1) is 7.52. The van der Waals surface area contributed by atoms with Gasteiger partial charge in [0.05, 0.1) is 12.5 Å². The van der Waals surface area contributed by atoms with Crippen molar-refractivity contribution < 1.29 is 8.42 Å². The number of aromatic amines is 1. The molecule has 0 aliphatic rings. The summed E-state index contributed by atoms with van der Waals surface area (Å²) < 4.78 is 25.7. The second-order valence-corrected chi connectivity index (χ2v) is 5.51. The van der Waals surface area contributed by atoms with E-state index in [0.717, 1.165) is 13.0 Å². The SMILES string of the molecule is CC(C)NCCCNS(=O)(=O)c1cnc[nH]1. The molecule has 0 fully saturated rings. The lowest BCUT2D eigenvalue weighted by molar-refractivity contribution is 0.553. The van der Waals surface area contributed by atoms with E-state index >= 15 is 0 Å². The van der Waals surface area contributed by atoms with E-state index in [4.69, 9.17) is 0 Å². The fraction of sp³-hybridized carbons (Fsp3) is 0.667. The molecule has 0 amide bonds. The highest BCUT2D eigenvalue weighted by molar-refractivity contribution is 7.89. The average Bonchev–Trinajstić information content (AvgIpc) is 2.69. The molecule has 1 aromatic rings. The minimum Gasteiger partial charge on any atom is -0.335 e. The molecule has 0 radical (unpaired) electrons. The summed E-state index contributed by atoms with van der Waals surface area (Å²) in [5, 5.41) is 3.31. The normalized spacial score (nSPS) is 12.2. The lowest BCUT2D eigenvalue weighted by Crippen LogP contribution is -2.29. The first kappa shape index (κ1) is 13.1. The van der Waals surface area contributed by atoms with Gasteiger partial charge >= 0.3 is 0 Å². The largest absolute Gasteiger partial charge is 0.335 e. The molecular weight excluding hydrogens is 228 g/mol. The van der Waals surface area contributed by atoms with Gasteiger partial charge in [0.1, 0.15) is 0 Å². The highest BCUT2D eigenvalue weighted by Crippen LogP contribution is 2.01. The molecule has 0 aromatic carbocycles. The van der Waals surface area contributed by atoms with Crippen LogP contribution in [0.25, 0.3) is 0 Å². The van der Waals surface area contributed by atoms with Crippen LogP contribution < -0.4 is 10.0 Å². The van der Waals surface area contributed by atoms with Crippen LogP contribution in [-0.4, -0.2) is 37.5 Å². The third-order valence-corrected chi connectivity index (χ3v) is 3.35. The molecule has 0 spiro atoms. The summed E-state index contributed by atoms with van der Waals surface area (Å²) in [6.45, 7) is 5.31. The van der Waals surface area contributed by atoms with Crippen LogP contribution in [0.15, 0.2) is 17.6 Å². The zero-order valence-electron chi connectivity index (χ0n) is 9.53. The molecule has 92 valence electrons. The van der Waals surface area contributed by atoms with Gasteiger partial charge in [-0.2, -0.15) is 0 Å². The molecule has 1 aromatic heterocycles. The number of hydrogen-bond acceptors (Lipinski definition) is 4. The lowest BCUT2D eigenvalue weighted by atomic mass is 10.3.